The fourth-order valence-corrected chi connectivity index (χ4v) is 3.06. The molecule has 0 saturated carbocycles. The van der Waals surface area contributed by atoms with Gasteiger partial charge in [0.15, 0.2) is 0 Å². The average Bonchev–Trinajstić information content (AvgIpc) is 3.13. The monoisotopic (exact) mass is 348 g/mol. The molecule has 2 amide bonds. The summed E-state index contributed by atoms with van der Waals surface area (Å²) in [6, 6.07) is 11.4. The Morgan fingerprint density at radius 1 is 1.25 bits per heavy atom. The topological polar surface area (TPSA) is 70.6 Å². The van der Waals surface area contributed by atoms with Crippen LogP contribution in [0, 0.1) is 0 Å². The Bertz CT molecular complexity index is 624. The summed E-state index contributed by atoms with van der Waals surface area (Å²) in [5.74, 6) is 0.842. The molecule has 24 heavy (non-hydrogen) atoms. The number of hydrogen-bond donors (Lipinski definition) is 3. The molecule has 3 N–H and O–H groups in total. The highest BCUT2D eigenvalue weighted by atomic mass is 32.1. The molecule has 1 aromatic carbocycles. The van der Waals surface area contributed by atoms with E-state index in [1.54, 1.807) is 14.0 Å². The van der Waals surface area contributed by atoms with E-state index in [1.807, 2.05) is 41.8 Å². The SMILES string of the molecule is COc1ccc(CCCNC(=O)NC[C@@](C)(O)c2cccs2)cc1. The molecule has 0 aliphatic heterocycles. The predicted molar refractivity (Wildman–Crippen MR) is 96.6 cm³/mol. The van der Waals surface area contributed by atoms with Crippen LogP contribution in [0.2, 0.25) is 0 Å². The molecular formula is C18H24N2O3S. The first-order valence-electron chi connectivity index (χ1n) is 7.92. The number of benzene rings is 1. The van der Waals surface area contributed by atoms with Crippen LogP contribution in [0.5, 0.6) is 5.75 Å². The van der Waals surface area contributed by atoms with Gasteiger partial charge in [-0.1, -0.05) is 18.2 Å². The molecule has 0 fully saturated rings. The zero-order valence-corrected chi connectivity index (χ0v) is 14.9. The Hall–Kier alpha value is -2.05. The van der Waals surface area contributed by atoms with Gasteiger partial charge in [0.1, 0.15) is 11.4 Å². The Labute approximate surface area is 146 Å². The molecule has 0 unspecified atom stereocenters. The molecule has 1 heterocycles. The molecular weight excluding hydrogens is 324 g/mol. The van der Waals surface area contributed by atoms with Crippen LogP contribution >= 0.6 is 11.3 Å². The van der Waals surface area contributed by atoms with Crippen molar-refractivity contribution >= 4 is 17.4 Å². The fourth-order valence-electron chi connectivity index (χ4n) is 2.27. The summed E-state index contributed by atoms with van der Waals surface area (Å²) in [6.07, 6.45) is 1.73. The highest BCUT2D eigenvalue weighted by molar-refractivity contribution is 7.10. The second-order valence-electron chi connectivity index (χ2n) is 5.81. The summed E-state index contributed by atoms with van der Waals surface area (Å²) in [6.45, 7) is 2.46. The Kier molecular flexibility index (Phi) is 6.63. The number of carbonyl (C=O) groups is 1. The summed E-state index contributed by atoms with van der Waals surface area (Å²) in [5, 5.41) is 17.8. The molecule has 0 aliphatic carbocycles. The average molecular weight is 348 g/mol. The molecule has 130 valence electrons. The highest BCUT2D eigenvalue weighted by Gasteiger charge is 2.24. The number of nitrogens with one attached hydrogen (secondary N) is 2. The third kappa shape index (κ3) is 5.54. The summed E-state index contributed by atoms with van der Waals surface area (Å²) in [7, 11) is 1.65. The van der Waals surface area contributed by atoms with Gasteiger partial charge < -0.3 is 20.5 Å². The zero-order chi connectivity index (χ0) is 17.4. The summed E-state index contributed by atoms with van der Waals surface area (Å²) >= 11 is 1.47. The molecule has 0 bridgehead atoms. The molecule has 0 spiro atoms. The van der Waals surface area contributed by atoms with E-state index in [1.165, 1.54) is 16.9 Å². The van der Waals surface area contributed by atoms with Gasteiger partial charge in [0.25, 0.3) is 0 Å². The van der Waals surface area contributed by atoms with Crippen molar-refractivity contribution in [3.63, 3.8) is 0 Å². The Morgan fingerprint density at radius 3 is 2.62 bits per heavy atom. The van der Waals surface area contributed by atoms with Crippen LogP contribution in [0.15, 0.2) is 41.8 Å². The Morgan fingerprint density at radius 2 is 2.00 bits per heavy atom. The predicted octanol–water partition coefficient (Wildman–Crippen LogP) is 2.90. The van der Waals surface area contributed by atoms with Crippen molar-refractivity contribution in [2.75, 3.05) is 20.2 Å². The standard InChI is InChI=1S/C18H24N2O3S/c1-18(22,16-6-4-12-24-16)13-20-17(21)19-11-3-5-14-7-9-15(23-2)10-8-14/h4,6-10,12,22H,3,5,11,13H2,1-2H3,(H2,19,20,21)/t18-/m1/s1. The molecule has 1 aromatic heterocycles. The van der Waals surface area contributed by atoms with Gasteiger partial charge in [-0.3, -0.25) is 0 Å². The van der Waals surface area contributed by atoms with E-state index >= 15 is 0 Å². The molecule has 2 aromatic rings. The van der Waals surface area contributed by atoms with Gasteiger partial charge >= 0.3 is 6.03 Å². The molecule has 0 aliphatic rings. The summed E-state index contributed by atoms with van der Waals surface area (Å²) < 4.78 is 5.12. The molecule has 2 rings (SSSR count). The minimum atomic E-state index is -1.05. The van der Waals surface area contributed by atoms with Crippen LogP contribution in [0.3, 0.4) is 0 Å². The van der Waals surface area contributed by atoms with Crippen molar-refractivity contribution in [3.8, 4) is 5.75 Å². The largest absolute Gasteiger partial charge is 0.497 e. The second-order valence-corrected chi connectivity index (χ2v) is 6.76. The van der Waals surface area contributed by atoms with Crippen LogP contribution in [0.4, 0.5) is 4.79 Å². The number of urea groups is 1. The van der Waals surface area contributed by atoms with E-state index in [4.69, 9.17) is 4.74 Å². The molecule has 1 atom stereocenters. The van der Waals surface area contributed by atoms with Crippen LogP contribution in [-0.2, 0) is 12.0 Å². The van der Waals surface area contributed by atoms with Gasteiger partial charge in [0, 0.05) is 11.4 Å². The smallest absolute Gasteiger partial charge is 0.314 e. The number of thiophene rings is 1. The van der Waals surface area contributed by atoms with Gasteiger partial charge in [-0.15, -0.1) is 11.3 Å². The van der Waals surface area contributed by atoms with Crippen LogP contribution < -0.4 is 15.4 Å². The number of amides is 2. The lowest BCUT2D eigenvalue weighted by atomic mass is 10.1. The highest BCUT2D eigenvalue weighted by Crippen LogP contribution is 2.24. The van der Waals surface area contributed by atoms with E-state index < -0.39 is 5.60 Å². The Balaban J connectivity index is 1.64. The van der Waals surface area contributed by atoms with Crippen LogP contribution in [0.1, 0.15) is 23.8 Å². The van der Waals surface area contributed by atoms with Crippen LogP contribution in [-0.4, -0.2) is 31.3 Å². The maximum atomic E-state index is 11.8. The van der Waals surface area contributed by atoms with Gasteiger partial charge in [0.2, 0.25) is 0 Å². The minimum Gasteiger partial charge on any atom is -0.497 e. The first-order valence-corrected chi connectivity index (χ1v) is 8.80. The third-order valence-electron chi connectivity index (χ3n) is 3.73. The van der Waals surface area contributed by atoms with Crippen molar-refractivity contribution in [3.05, 3.63) is 52.2 Å². The lowest BCUT2D eigenvalue weighted by Gasteiger charge is -2.22. The van der Waals surface area contributed by atoms with E-state index in [9.17, 15) is 9.90 Å². The molecule has 6 heteroatoms. The number of methoxy groups -OCH3 is 1. The summed E-state index contributed by atoms with van der Waals surface area (Å²) in [4.78, 5) is 12.6. The van der Waals surface area contributed by atoms with Gasteiger partial charge in [0.05, 0.1) is 13.7 Å². The fraction of sp³-hybridized carbons (Fsp3) is 0.389. The second kappa shape index (κ2) is 8.70. The van der Waals surface area contributed by atoms with E-state index in [2.05, 4.69) is 10.6 Å². The number of carbonyl (C=O) groups excluding carboxylic acids is 1. The quantitative estimate of drug-likeness (QED) is 0.643. The molecule has 0 radical (unpaired) electrons. The lowest BCUT2D eigenvalue weighted by Crippen LogP contribution is -2.43. The van der Waals surface area contributed by atoms with Crippen LogP contribution in [0.25, 0.3) is 0 Å². The molecule has 5 nitrogen and oxygen atoms in total. The number of ether oxygens (including phenoxy) is 1. The van der Waals surface area contributed by atoms with Crippen molar-refractivity contribution in [2.45, 2.75) is 25.4 Å². The minimum absolute atomic E-state index is 0.178. The first-order chi connectivity index (χ1) is 11.5. The normalized spacial score (nSPS) is 13.1. The summed E-state index contributed by atoms with van der Waals surface area (Å²) in [5.41, 5.74) is 0.160. The van der Waals surface area contributed by atoms with Crippen molar-refractivity contribution in [1.82, 2.24) is 10.6 Å². The van der Waals surface area contributed by atoms with Gasteiger partial charge in [-0.2, -0.15) is 0 Å². The number of hydrogen-bond acceptors (Lipinski definition) is 4. The number of aliphatic hydroxyl groups is 1. The first kappa shape index (κ1) is 18.3. The van der Waals surface area contributed by atoms with E-state index in [-0.39, 0.29) is 12.6 Å². The maximum Gasteiger partial charge on any atom is 0.314 e. The van der Waals surface area contributed by atoms with Gasteiger partial charge in [-0.25, -0.2) is 4.79 Å². The number of rotatable bonds is 8. The van der Waals surface area contributed by atoms with Crippen molar-refractivity contribution < 1.29 is 14.6 Å². The lowest BCUT2D eigenvalue weighted by molar-refractivity contribution is 0.0631. The van der Waals surface area contributed by atoms with Crippen molar-refractivity contribution in [1.29, 1.82) is 0 Å². The molecule has 0 saturated heterocycles. The van der Waals surface area contributed by atoms with E-state index in [0.717, 1.165) is 23.5 Å². The number of aryl methyl sites for hydroxylation is 1. The maximum absolute atomic E-state index is 11.8. The zero-order valence-electron chi connectivity index (χ0n) is 14.0. The van der Waals surface area contributed by atoms with E-state index in [0.29, 0.717) is 6.54 Å². The van der Waals surface area contributed by atoms with Gasteiger partial charge in [-0.05, 0) is 48.9 Å². The van der Waals surface area contributed by atoms with Crippen molar-refractivity contribution in [2.24, 2.45) is 0 Å². The third-order valence-corrected chi connectivity index (χ3v) is 4.85.